The van der Waals surface area contributed by atoms with E-state index in [2.05, 4.69) is 15.3 Å². The number of aromatic nitrogens is 2. The molecule has 0 radical (unpaired) electrons. The fraction of sp³-hybridized carbons (Fsp3) is 0.353. The first-order valence-electron chi connectivity index (χ1n) is 7.83. The van der Waals surface area contributed by atoms with Gasteiger partial charge in [0, 0.05) is 31.3 Å². The molecule has 2 heterocycles. The van der Waals surface area contributed by atoms with Crippen LogP contribution in [0, 0.1) is 0 Å². The number of hydrogen-bond acceptors (Lipinski definition) is 4. The monoisotopic (exact) mass is 328 g/mol. The molecule has 0 aliphatic carbocycles. The fourth-order valence-corrected chi connectivity index (χ4v) is 2.96. The van der Waals surface area contributed by atoms with Crippen LogP contribution < -0.4 is 5.32 Å². The maximum atomic E-state index is 12.3. The molecule has 7 nitrogen and oxygen atoms in total. The third-order valence-electron chi connectivity index (χ3n) is 4.15. The average molecular weight is 328 g/mol. The molecule has 1 aromatic heterocycles. The molecule has 3 rings (SSSR count). The molecule has 0 spiro atoms. The van der Waals surface area contributed by atoms with Gasteiger partial charge < -0.3 is 19.9 Å². The maximum absolute atomic E-state index is 12.3. The van der Waals surface area contributed by atoms with E-state index in [1.165, 1.54) is 7.11 Å². The number of nitrogens with zero attached hydrogens (tertiary/aromatic N) is 2. The second-order valence-corrected chi connectivity index (χ2v) is 5.81. The van der Waals surface area contributed by atoms with Gasteiger partial charge in [-0.05, 0) is 5.56 Å². The van der Waals surface area contributed by atoms with Crippen LogP contribution >= 0.6 is 0 Å². The highest BCUT2D eigenvalue weighted by atomic mass is 16.5. The average Bonchev–Trinajstić information content (AvgIpc) is 3.23. The van der Waals surface area contributed by atoms with Crippen LogP contribution in [-0.2, 0) is 22.4 Å². The molecule has 1 saturated heterocycles. The molecular weight excluding hydrogens is 308 g/mol. The largest absolute Gasteiger partial charge is 0.467 e. The molecule has 2 atom stereocenters. The Bertz CT molecular complexity index is 687. The summed E-state index contributed by atoms with van der Waals surface area (Å²) in [5.41, 5.74) is 1.93. The minimum absolute atomic E-state index is 0.0686. The molecule has 2 N–H and O–H groups in total. The van der Waals surface area contributed by atoms with Gasteiger partial charge in [0.1, 0.15) is 6.04 Å². The van der Waals surface area contributed by atoms with Crippen LogP contribution in [0.5, 0.6) is 0 Å². The lowest BCUT2D eigenvalue weighted by atomic mass is 10.0. The molecule has 0 unspecified atom stereocenters. The number of esters is 1. The molecule has 1 aliphatic rings. The topological polar surface area (TPSA) is 87.3 Å². The van der Waals surface area contributed by atoms with Gasteiger partial charge in [-0.3, -0.25) is 0 Å². The van der Waals surface area contributed by atoms with Crippen molar-refractivity contribution in [3.8, 4) is 0 Å². The van der Waals surface area contributed by atoms with E-state index in [9.17, 15) is 9.59 Å². The van der Waals surface area contributed by atoms with Gasteiger partial charge >= 0.3 is 12.0 Å². The number of aromatic amines is 1. The molecular formula is C17H20N4O3. The Morgan fingerprint density at radius 1 is 1.42 bits per heavy atom. The van der Waals surface area contributed by atoms with E-state index >= 15 is 0 Å². The number of amides is 2. The van der Waals surface area contributed by atoms with E-state index in [4.69, 9.17) is 4.74 Å². The Labute approximate surface area is 140 Å². The van der Waals surface area contributed by atoms with Gasteiger partial charge in [0.15, 0.2) is 0 Å². The van der Waals surface area contributed by atoms with E-state index < -0.39 is 12.0 Å². The van der Waals surface area contributed by atoms with E-state index in [1.54, 1.807) is 17.4 Å². The summed E-state index contributed by atoms with van der Waals surface area (Å²) in [6.07, 6.45) is 4.41. The summed E-state index contributed by atoms with van der Waals surface area (Å²) in [6.45, 7) is 0.449. The number of H-pyrrole nitrogens is 1. The van der Waals surface area contributed by atoms with Crippen molar-refractivity contribution in [2.45, 2.75) is 24.9 Å². The number of ether oxygens (including phenoxy) is 1. The minimum Gasteiger partial charge on any atom is -0.467 e. The molecule has 1 aliphatic heterocycles. The van der Waals surface area contributed by atoms with Crippen LogP contribution in [0.4, 0.5) is 4.79 Å². The Morgan fingerprint density at radius 3 is 2.88 bits per heavy atom. The van der Waals surface area contributed by atoms with E-state index in [0.717, 1.165) is 11.3 Å². The lowest BCUT2D eigenvalue weighted by Crippen LogP contribution is -2.45. The summed E-state index contributed by atoms with van der Waals surface area (Å²) in [5, 5.41) is 2.92. The third kappa shape index (κ3) is 3.56. The first-order chi connectivity index (χ1) is 11.7. The van der Waals surface area contributed by atoms with Gasteiger partial charge in [-0.1, -0.05) is 30.3 Å². The van der Waals surface area contributed by atoms with Crippen molar-refractivity contribution in [1.29, 1.82) is 0 Å². The summed E-state index contributed by atoms with van der Waals surface area (Å²) < 4.78 is 4.91. The van der Waals surface area contributed by atoms with Crippen molar-refractivity contribution in [1.82, 2.24) is 20.2 Å². The highest BCUT2D eigenvalue weighted by Crippen LogP contribution is 2.17. The van der Waals surface area contributed by atoms with Crippen molar-refractivity contribution in [3.63, 3.8) is 0 Å². The second-order valence-electron chi connectivity index (χ2n) is 5.81. The quantitative estimate of drug-likeness (QED) is 0.778. The number of methoxy groups -OCH3 is 1. The minimum atomic E-state index is -0.635. The van der Waals surface area contributed by atoms with Gasteiger partial charge in [-0.15, -0.1) is 0 Å². The third-order valence-corrected chi connectivity index (χ3v) is 4.15. The standard InChI is InChI=1S/C17H20N4O3/c1-24-16(22)15(7-12-5-3-2-4-6-12)21-10-14(20-17(21)23)8-13-9-18-11-19-13/h2-6,9,11,14-15H,7-8,10H2,1H3,(H,18,19)(H,20,23)/t14-,15-/m0/s1. The van der Waals surface area contributed by atoms with Crippen LogP contribution in [-0.4, -0.2) is 52.6 Å². The zero-order valence-corrected chi connectivity index (χ0v) is 13.4. The molecule has 0 bridgehead atoms. The second kappa shape index (κ2) is 7.16. The normalized spacial score (nSPS) is 18.3. The number of nitrogens with one attached hydrogen (secondary N) is 2. The summed E-state index contributed by atoms with van der Waals surface area (Å²) in [7, 11) is 1.34. The van der Waals surface area contributed by atoms with Crippen molar-refractivity contribution >= 4 is 12.0 Å². The number of benzene rings is 1. The van der Waals surface area contributed by atoms with E-state index in [1.807, 2.05) is 30.3 Å². The summed E-state index contributed by atoms with van der Waals surface area (Å²) in [6, 6.07) is 8.66. The SMILES string of the molecule is COC(=O)[C@H](Cc1ccccc1)N1C[C@H](Cc2cnc[nH]2)NC1=O. The molecule has 126 valence electrons. The van der Waals surface area contributed by atoms with Crippen molar-refractivity contribution < 1.29 is 14.3 Å². The summed E-state index contributed by atoms with van der Waals surface area (Å²) in [5.74, 6) is -0.406. The molecule has 2 amide bonds. The number of imidazole rings is 1. The number of urea groups is 1. The molecule has 2 aromatic rings. The Morgan fingerprint density at radius 2 is 2.21 bits per heavy atom. The van der Waals surface area contributed by atoms with Crippen LogP contribution in [0.25, 0.3) is 0 Å². The summed E-state index contributed by atoms with van der Waals surface area (Å²) >= 11 is 0. The molecule has 1 fully saturated rings. The van der Waals surface area contributed by atoms with Crippen molar-refractivity contribution in [3.05, 3.63) is 54.1 Å². The van der Waals surface area contributed by atoms with Crippen LogP contribution in [0.15, 0.2) is 42.9 Å². The molecule has 1 aromatic carbocycles. The first-order valence-corrected chi connectivity index (χ1v) is 7.83. The van der Waals surface area contributed by atoms with Crippen LogP contribution in [0.2, 0.25) is 0 Å². The highest BCUT2D eigenvalue weighted by Gasteiger charge is 2.38. The van der Waals surface area contributed by atoms with Gasteiger partial charge in [-0.2, -0.15) is 0 Å². The lowest BCUT2D eigenvalue weighted by Gasteiger charge is -2.24. The Balaban J connectivity index is 1.72. The summed E-state index contributed by atoms with van der Waals surface area (Å²) in [4.78, 5) is 33.1. The number of hydrogen-bond donors (Lipinski definition) is 2. The predicted octanol–water partition coefficient (Wildman–Crippen LogP) is 1.13. The highest BCUT2D eigenvalue weighted by molar-refractivity contribution is 5.85. The van der Waals surface area contributed by atoms with Crippen LogP contribution in [0.3, 0.4) is 0 Å². The molecule has 24 heavy (non-hydrogen) atoms. The number of rotatable bonds is 6. The van der Waals surface area contributed by atoms with Crippen molar-refractivity contribution in [2.24, 2.45) is 0 Å². The van der Waals surface area contributed by atoms with Crippen molar-refractivity contribution in [2.75, 3.05) is 13.7 Å². The zero-order chi connectivity index (χ0) is 16.9. The van der Waals surface area contributed by atoms with E-state index in [0.29, 0.717) is 19.4 Å². The Kier molecular flexibility index (Phi) is 4.79. The zero-order valence-electron chi connectivity index (χ0n) is 13.4. The van der Waals surface area contributed by atoms with Gasteiger partial charge in [0.2, 0.25) is 0 Å². The molecule has 0 saturated carbocycles. The lowest BCUT2D eigenvalue weighted by molar-refractivity contribution is -0.145. The Hall–Kier alpha value is -2.83. The maximum Gasteiger partial charge on any atom is 0.328 e. The van der Waals surface area contributed by atoms with Gasteiger partial charge in [0.25, 0.3) is 0 Å². The smallest absolute Gasteiger partial charge is 0.328 e. The predicted molar refractivity (Wildman–Crippen MR) is 87.3 cm³/mol. The number of carbonyl (C=O) groups is 2. The molecule has 7 heteroatoms. The first kappa shape index (κ1) is 16.0. The van der Waals surface area contributed by atoms with Crippen LogP contribution in [0.1, 0.15) is 11.3 Å². The van der Waals surface area contributed by atoms with E-state index in [-0.39, 0.29) is 12.1 Å². The number of carbonyl (C=O) groups excluding carboxylic acids is 2. The van der Waals surface area contributed by atoms with Gasteiger partial charge in [-0.25, -0.2) is 14.6 Å². The fourth-order valence-electron chi connectivity index (χ4n) is 2.96. The van der Waals surface area contributed by atoms with Gasteiger partial charge in [0.05, 0.1) is 19.5 Å².